The van der Waals surface area contributed by atoms with Gasteiger partial charge >= 0.3 is 5.97 Å². The van der Waals surface area contributed by atoms with Gasteiger partial charge in [-0.3, -0.25) is 9.69 Å². The molecule has 3 aromatic rings. The predicted octanol–water partition coefficient (Wildman–Crippen LogP) is 5.45. The van der Waals surface area contributed by atoms with Crippen molar-refractivity contribution in [3.05, 3.63) is 63.5 Å². The van der Waals surface area contributed by atoms with E-state index in [1.54, 1.807) is 11.3 Å². The van der Waals surface area contributed by atoms with E-state index in [0.29, 0.717) is 19.2 Å². The number of carboxylic acids is 1. The molecular weight excluding hydrogens is 522 g/mol. The number of piperidine rings is 1. The number of fused-ring (bicyclic) bond motifs is 2. The van der Waals surface area contributed by atoms with Crippen LogP contribution in [0.2, 0.25) is 0 Å². The maximum absolute atomic E-state index is 11.8. The van der Waals surface area contributed by atoms with Gasteiger partial charge < -0.3 is 19.5 Å². The van der Waals surface area contributed by atoms with E-state index in [1.165, 1.54) is 22.3 Å². The van der Waals surface area contributed by atoms with Gasteiger partial charge in [0.25, 0.3) is 0 Å². The van der Waals surface area contributed by atoms with Crippen molar-refractivity contribution in [1.82, 2.24) is 9.88 Å². The molecule has 2 aromatic carbocycles. The number of carbonyl (C=O) groups is 1. The van der Waals surface area contributed by atoms with Crippen molar-refractivity contribution in [2.75, 3.05) is 37.7 Å². The van der Waals surface area contributed by atoms with Crippen LogP contribution in [0.5, 0.6) is 5.75 Å². The summed E-state index contributed by atoms with van der Waals surface area (Å²) in [6.45, 7) is 9.96. The number of carboxylic acid groups (broad SMARTS) is 1. The number of thiazole rings is 1. The van der Waals surface area contributed by atoms with E-state index in [-0.39, 0.29) is 5.92 Å². The molecule has 3 fully saturated rings. The van der Waals surface area contributed by atoms with E-state index >= 15 is 0 Å². The molecule has 0 amide bonds. The van der Waals surface area contributed by atoms with Crippen molar-refractivity contribution < 1.29 is 19.4 Å². The van der Waals surface area contributed by atoms with Gasteiger partial charge in [-0.1, -0.05) is 24.3 Å². The van der Waals surface area contributed by atoms with E-state index in [0.717, 1.165) is 86.2 Å². The molecule has 210 valence electrons. The predicted molar refractivity (Wildman–Crippen MR) is 156 cm³/mol. The Morgan fingerprint density at radius 1 is 1.20 bits per heavy atom. The molecule has 4 heterocycles. The van der Waals surface area contributed by atoms with Crippen LogP contribution in [0.1, 0.15) is 47.1 Å². The van der Waals surface area contributed by atoms with Gasteiger partial charge in [-0.15, -0.1) is 11.3 Å². The van der Waals surface area contributed by atoms with Gasteiger partial charge in [-0.2, -0.15) is 0 Å². The number of nitrogens with zero attached hydrogens (tertiary/aromatic N) is 3. The zero-order valence-corrected chi connectivity index (χ0v) is 24.1. The summed E-state index contributed by atoms with van der Waals surface area (Å²) < 4.78 is 12.1. The van der Waals surface area contributed by atoms with Crippen molar-refractivity contribution in [3.63, 3.8) is 0 Å². The van der Waals surface area contributed by atoms with E-state index in [9.17, 15) is 9.90 Å². The molecular formula is C32H37N3O4S. The van der Waals surface area contributed by atoms with Crippen LogP contribution < -0.4 is 9.64 Å². The second-order valence-electron chi connectivity index (χ2n) is 12.2. The van der Waals surface area contributed by atoms with Crippen molar-refractivity contribution in [2.45, 2.75) is 58.7 Å². The Labute approximate surface area is 239 Å². The number of aromatic nitrogens is 1. The molecule has 2 atom stereocenters. The number of rotatable bonds is 7. The topological polar surface area (TPSA) is 75.1 Å². The third kappa shape index (κ3) is 4.70. The van der Waals surface area contributed by atoms with E-state index in [1.807, 2.05) is 0 Å². The summed E-state index contributed by atoms with van der Waals surface area (Å²) >= 11 is 1.59. The molecule has 0 radical (unpaired) electrons. The maximum Gasteiger partial charge on any atom is 0.311 e. The van der Waals surface area contributed by atoms with Crippen molar-refractivity contribution in [2.24, 2.45) is 11.3 Å². The quantitative estimate of drug-likeness (QED) is 0.412. The highest BCUT2D eigenvalue weighted by molar-refractivity contribution is 7.14. The van der Waals surface area contributed by atoms with Gasteiger partial charge in [-0.05, 0) is 79.3 Å². The Morgan fingerprint density at radius 3 is 2.85 bits per heavy atom. The average molecular weight is 560 g/mol. The smallest absolute Gasteiger partial charge is 0.311 e. The van der Waals surface area contributed by atoms with Crippen LogP contribution in [0, 0.1) is 25.2 Å². The van der Waals surface area contributed by atoms with Crippen LogP contribution in [0.15, 0.2) is 35.7 Å². The Bertz CT molecular complexity index is 1450. The minimum Gasteiger partial charge on any atom is -0.488 e. The van der Waals surface area contributed by atoms with Crippen LogP contribution in [-0.2, 0) is 29.1 Å². The molecule has 0 spiro atoms. The van der Waals surface area contributed by atoms with Crippen LogP contribution in [0.25, 0.3) is 11.3 Å². The van der Waals surface area contributed by atoms with Gasteiger partial charge in [0.1, 0.15) is 12.4 Å². The lowest BCUT2D eigenvalue weighted by molar-refractivity contribution is -0.143. The molecule has 0 unspecified atom stereocenters. The first-order valence-corrected chi connectivity index (χ1v) is 15.4. The summed E-state index contributed by atoms with van der Waals surface area (Å²) in [5.41, 5.74) is 7.68. The summed E-state index contributed by atoms with van der Waals surface area (Å²) in [6, 6.07) is 11.8. The molecule has 2 saturated heterocycles. The zero-order chi connectivity index (χ0) is 27.4. The summed E-state index contributed by atoms with van der Waals surface area (Å²) in [6.07, 6.45) is 4.16. The largest absolute Gasteiger partial charge is 0.488 e. The second-order valence-corrected chi connectivity index (χ2v) is 13.0. The van der Waals surface area contributed by atoms with Crippen molar-refractivity contribution in [3.8, 4) is 17.0 Å². The first kappa shape index (κ1) is 26.0. The standard InChI is InChI=1S/C32H37N3O4S/c1-20-11-21(2)29(27(12-20)28-18-40-31(33-28)35-16-25-14-32(25,19-35)30(36)37)39-17-22-3-4-24-15-34(8-5-23(24)13-22)26-6-9-38-10-7-26/h3-4,11-13,18,25-26H,5-10,14-17,19H2,1-2H3,(H,36,37)/t25-,32-/m0/s1. The SMILES string of the molecule is Cc1cc(C)c(OCc2ccc3c(c2)CCN(C2CCOCC2)C3)c(-c2csc(N3C[C@@H]4C[C@]4(C(=O)O)C3)n2)c1. The lowest BCUT2D eigenvalue weighted by Crippen LogP contribution is -2.42. The molecule has 1 N–H and O–H groups in total. The molecule has 8 heteroatoms. The molecule has 0 bridgehead atoms. The van der Waals surface area contributed by atoms with Crippen molar-refractivity contribution in [1.29, 1.82) is 0 Å². The molecule has 3 aliphatic heterocycles. The average Bonchev–Trinajstić information content (AvgIpc) is 3.28. The molecule has 7 rings (SSSR count). The molecule has 1 aromatic heterocycles. The summed E-state index contributed by atoms with van der Waals surface area (Å²) in [5, 5.41) is 12.7. The third-order valence-electron chi connectivity index (χ3n) is 9.43. The zero-order valence-electron chi connectivity index (χ0n) is 23.3. The first-order valence-electron chi connectivity index (χ1n) is 14.5. The Morgan fingerprint density at radius 2 is 2.05 bits per heavy atom. The fourth-order valence-corrected chi connectivity index (χ4v) is 7.90. The highest BCUT2D eigenvalue weighted by atomic mass is 32.1. The number of anilines is 1. The second kappa shape index (κ2) is 10.2. The Hall–Kier alpha value is -2.94. The molecule has 4 aliphatic rings. The number of aryl methyl sites for hydroxylation is 2. The fourth-order valence-electron chi connectivity index (χ4n) is 7.06. The van der Waals surface area contributed by atoms with E-state index < -0.39 is 11.4 Å². The maximum atomic E-state index is 11.8. The Kier molecular flexibility index (Phi) is 6.60. The molecule has 40 heavy (non-hydrogen) atoms. The molecule has 7 nitrogen and oxygen atoms in total. The van der Waals surface area contributed by atoms with Gasteiger partial charge in [0, 0.05) is 56.4 Å². The monoisotopic (exact) mass is 559 g/mol. The van der Waals surface area contributed by atoms with E-state index in [2.05, 4.69) is 59.4 Å². The number of benzene rings is 2. The highest BCUT2D eigenvalue weighted by Gasteiger charge is 2.65. The highest BCUT2D eigenvalue weighted by Crippen LogP contribution is 2.58. The van der Waals surface area contributed by atoms with E-state index in [4.69, 9.17) is 14.5 Å². The molecule has 1 saturated carbocycles. The third-order valence-corrected chi connectivity index (χ3v) is 10.3. The van der Waals surface area contributed by atoms with Crippen molar-refractivity contribution >= 4 is 22.4 Å². The number of hydrogen-bond donors (Lipinski definition) is 1. The minimum absolute atomic E-state index is 0.249. The number of ether oxygens (including phenoxy) is 2. The van der Waals surface area contributed by atoms with Crippen LogP contribution >= 0.6 is 11.3 Å². The number of hydrogen-bond acceptors (Lipinski definition) is 7. The lowest BCUT2D eigenvalue weighted by Gasteiger charge is -2.37. The lowest BCUT2D eigenvalue weighted by atomic mass is 9.95. The molecule has 1 aliphatic carbocycles. The number of aliphatic carboxylic acids is 1. The van der Waals surface area contributed by atoms with Gasteiger partial charge in [-0.25, -0.2) is 4.98 Å². The Balaban J connectivity index is 1.06. The summed E-state index contributed by atoms with van der Waals surface area (Å²) in [5.74, 6) is 0.455. The van der Waals surface area contributed by atoms with Crippen LogP contribution in [-0.4, -0.2) is 59.8 Å². The van der Waals surface area contributed by atoms with Gasteiger partial charge in [0.2, 0.25) is 0 Å². The van der Waals surface area contributed by atoms with Gasteiger partial charge in [0.15, 0.2) is 5.13 Å². The van der Waals surface area contributed by atoms with Crippen LogP contribution in [0.3, 0.4) is 0 Å². The van der Waals surface area contributed by atoms with Crippen LogP contribution in [0.4, 0.5) is 5.13 Å². The normalized spacial score (nSPS) is 24.6. The summed E-state index contributed by atoms with van der Waals surface area (Å²) in [4.78, 5) is 21.5. The fraction of sp³-hybridized carbons (Fsp3) is 0.500. The van der Waals surface area contributed by atoms with Gasteiger partial charge in [0.05, 0.1) is 11.1 Å². The summed E-state index contributed by atoms with van der Waals surface area (Å²) in [7, 11) is 0. The first-order chi connectivity index (χ1) is 19.4. The minimum atomic E-state index is -0.666.